The number of ether oxygens (including phenoxy) is 1. The van der Waals surface area contributed by atoms with E-state index in [1.807, 2.05) is 12.1 Å². The first-order valence-electron chi connectivity index (χ1n) is 7.96. The Morgan fingerprint density at radius 2 is 1.71 bits per heavy atom. The molecule has 5 heteroatoms. The van der Waals surface area contributed by atoms with Crippen molar-refractivity contribution >= 4 is 29.2 Å². The van der Waals surface area contributed by atoms with E-state index in [-0.39, 0.29) is 12.5 Å². The van der Waals surface area contributed by atoms with Crippen molar-refractivity contribution in [3.05, 3.63) is 64.2 Å². The Hall–Kier alpha value is -2.33. The second-order valence-electron chi connectivity index (χ2n) is 5.82. The lowest BCUT2D eigenvalue weighted by atomic mass is 9.90. The van der Waals surface area contributed by atoms with Crippen LogP contribution >= 0.6 is 11.6 Å². The summed E-state index contributed by atoms with van der Waals surface area (Å²) < 4.78 is 5.10. The molecule has 1 aliphatic carbocycles. The number of rotatable bonds is 4. The quantitative estimate of drug-likeness (QED) is 0.853. The molecule has 0 radical (unpaired) electrons. The third-order valence-corrected chi connectivity index (χ3v) is 4.30. The van der Waals surface area contributed by atoms with Crippen molar-refractivity contribution in [1.29, 1.82) is 0 Å². The summed E-state index contributed by atoms with van der Waals surface area (Å²) in [5.74, 6) is -0.863. The molecule has 0 heterocycles. The molecule has 0 atom stereocenters. The van der Waals surface area contributed by atoms with Gasteiger partial charge >= 0.3 is 5.97 Å². The highest BCUT2D eigenvalue weighted by Gasteiger charge is 2.15. The molecule has 0 unspecified atom stereocenters. The third kappa shape index (κ3) is 4.15. The zero-order chi connectivity index (χ0) is 16.9. The summed E-state index contributed by atoms with van der Waals surface area (Å²) in [6.07, 6.45) is 4.40. The van der Waals surface area contributed by atoms with Crippen LogP contribution in [0.5, 0.6) is 0 Å². The molecule has 1 N–H and O–H groups in total. The first kappa shape index (κ1) is 16.5. The Labute approximate surface area is 145 Å². The molecule has 0 saturated heterocycles. The number of hydrogen-bond acceptors (Lipinski definition) is 3. The van der Waals surface area contributed by atoms with E-state index in [9.17, 15) is 9.59 Å². The summed E-state index contributed by atoms with van der Waals surface area (Å²) in [6, 6.07) is 12.4. The molecule has 24 heavy (non-hydrogen) atoms. The number of fused-ring (bicyclic) bond motifs is 1. The molecule has 4 nitrogen and oxygen atoms in total. The predicted octanol–water partition coefficient (Wildman–Crippen LogP) is 4.01. The van der Waals surface area contributed by atoms with Gasteiger partial charge in [0.25, 0.3) is 5.91 Å². The van der Waals surface area contributed by atoms with Gasteiger partial charge in [0.05, 0.1) is 5.56 Å². The summed E-state index contributed by atoms with van der Waals surface area (Å²) in [5.41, 5.74) is 3.61. The number of hydrogen-bond donors (Lipinski definition) is 1. The van der Waals surface area contributed by atoms with Gasteiger partial charge in [-0.25, -0.2) is 4.79 Å². The number of carbonyl (C=O) groups excluding carboxylic acids is 2. The van der Waals surface area contributed by atoms with E-state index in [1.54, 1.807) is 30.3 Å². The van der Waals surface area contributed by atoms with Gasteiger partial charge < -0.3 is 10.1 Å². The van der Waals surface area contributed by atoms with E-state index in [0.717, 1.165) is 19.3 Å². The minimum Gasteiger partial charge on any atom is -0.452 e. The van der Waals surface area contributed by atoms with Gasteiger partial charge in [-0.05, 0) is 73.2 Å². The van der Waals surface area contributed by atoms with E-state index < -0.39 is 5.97 Å². The Balaban J connectivity index is 1.55. The van der Waals surface area contributed by atoms with Crippen LogP contribution in [0.1, 0.15) is 34.3 Å². The van der Waals surface area contributed by atoms with Crippen molar-refractivity contribution in [3.8, 4) is 0 Å². The number of nitrogens with one attached hydrogen (secondary N) is 1. The zero-order valence-corrected chi connectivity index (χ0v) is 13.9. The maximum Gasteiger partial charge on any atom is 0.338 e. The Kier molecular flexibility index (Phi) is 5.16. The van der Waals surface area contributed by atoms with Crippen molar-refractivity contribution in [1.82, 2.24) is 0 Å². The van der Waals surface area contributed by atoms with E-state index in [2.05, 4.69) is 5.32 Å². The van der Waals surface area contributed by atoms with Crippen molar-refractivity contribution < 1.29 is 14.3 Å². The molecular weight excluding hydrogens is 326 g/mol. The Morgan fingerprint density at radius 3 is 2.46 bits per heavy atom. The van der Waals surface area contributed by atoms with Crippen LogP contribution in [-0.4, -0.2) is 18.5 Å². The predicted molar refractivity (Wildman–Crippen MR) is 93.4 cm³/mol. The molecule has 0 spiro atoms. The van der Waals surface area contributed by atoms with Gasteiger partial charge in [0.15, 0.2) is 6.61 Å². The van der Waals surface area contributed by atoms with Gasteiger partial charge in [-0.3, -0.25) is 4.79 Å². The van der Waals surface area contributed by atoms with Crippen molar-refractivity contribution in [2.45, 2.75) is 25.7 Å². The van der Waals surface area contributed by atoms with E-state index in [1.165, 1.54) is 17.5 Å². The van der Waals surface area contributed by atoms with Crippen LogP contribution in [0.15, 0.2) is 42.5 Å². The molecule has 0 bridgehead atoms. The molecule has 124 valence electrons. The van der Waals surface area contributed by atoms with Crippen molar-refractivity contribution in [2.75, 3.05) is 11.9 Å². The van der Waals surface area contributed by atoms with Gasteiger partial charge in [-0.2, -0.15) is 0 Å². The fraction of sp³-hybridized carbons (Fsp3) is 0.263. The molecule has 3 rings (SSSR count). The highest BCUT2D eigenvalue weighted by molar-refractivity contribution is 6.30. The zero-order valence-electron chi connectivity index (χ0n) is 13.2. The van der Waals surface area contributed by atoms with Crippen LogP contribution in [0, 0.1) is 0 Å². The van der Waals surface area contributed by atoms with E-state index in [0.29, 0.717) is 16.3 Å². The minimum atomic E-state index is -0.477. The molecule has 0 aliphatic heterocycles. The lowest BCUT2D eigenvalue weighted by molar-refractivity contribution is -0.119. The molecule has 1 amide bonds. The summed E-state index contributed by atoms with van der Waals surface area (Å²) in [7, 11) is 0. The van der Waals surface area contributed by atoms with E-state index in [4.69, 9.17) is 16.3 Å². The number of aryl methyl sites for hydroxylation is 2. The van der Waals surface area contributed by atoms with Gasteiger partial charge in [0, 0.05) is 10.7 Å². The summed E-state index contributed by atoms with van der Waals surface area (Å²) in [5, 5.41) is 3.24. The average molecular weight is 344 g/mol. The summed E-state index contributed by atoms with van der Waals surface area (Å²) >= 11 is 5.79. The maximum absolute atomic E-state index is 12.1. The second-order valence-corrected chi connectivity index (χ2v) is 6.26. The summed E-state index contributed by atoms with van der Waals surface area (Å²) in [4.78, 5) is 24.0. The van der Waals surface area contributed by atoms with Gasteiger partial charge in [0.2, 0.25) is 0 Å². The molecule has 1 aliphatic rings. The van der Waals surface area contributed by atoms with Gasteiger partial charge in [0.1, 0.15) is 0 Å². The third-order valence-electron chi connectivity index (χ3n) is 4.05. The molecule has 2 aromatic carbocycles. The average Bonchev–Trinajstić information content (AvgIpc) is 2.61. The fourth-order valence-electron chi connectivity index (χ4n) is 2.81. The van der Waals surface area contributed by atoms with Crippen LogP contribution in [0.25, 0.3) is 0 Å². The van der Waals surface area contributed by atoms with Crippen LogP contribution < -0.4 is 5.32 Å². The summed E-state index contributed by atoms with van der Waals surface area (Å²) in [6.45, 7) is -0.321. The normalized spacial score (nSPS) is 13.0. The second kappa shape index (κ2) is 7.49. The number of amides is 1. The smallest absolute Gasteiger partial charge is 0.338 e. The van der Waals surface area contributed by atoms with Gasteiger partial charge in [-0.1, -0.05) is 17.7 Å². The first-order valence-corrected chi connectivity index (χ1v) is 8.34. The molecule has 2 aromatic rings. The Morgan fingerprint density at radius 1 is 1.00 bits per heavy atom. The lowest BCUT2D eigenvalue weighted by Gasteiger charge is -2.16. The molecular formula is C19H18ClNO3. The number of carbonyl (C=O) groups is 2. The highest BCUT2D eigenvalue weighted by Crippen LogP contribution is 2.22. The van der Waals surface area contributed by atoms with Crippen LogP contribution in [0.4, 0.5) is 5.69 Å². The van der Waals surface area contributed by atoms with Gasteiger partial charge in [-0.15, -0.1) is 0 Å². The molecule has 0 fully saturated rings. The van der Waals surface area contributed by atoms with Crippen LogP contribution in [0.3, 0.4) is 0 Å². The number of esters is 1. The Bertz CT molecular complexity index is 756. The number of anilines is 1. The number of benzene rings is 2. The first-order chi connectivity index (χ1) is 11.6. The SMILES string of the molecule is O=C(COC(=O)c1ccc2c(c1)CCCC2)Nc1ccc(Cl)cc1. The maximum atomic E-state index is 12.1. The highest BCUT2D eigenvalue weighted by atomic mass is 35.5. The standard InChI is InChI=1S/C19H18ClNO3/c20-16-7-9-17(10-8-16)21-18(22)12-24-19(23)15-6-5-13-3-1-2-4-14(13)11-15/h5-11H,1-4,12H2,(H,21,22). The van der Waals surface area contributed by atoms with Crippen molar-refractivity contribution in [2.24, 2.45) is 0 Å². The largest absolute Gasteiger partial charge is 0.452 e. The van der Waals surface area contributed by atoms with Crippen LogP contribution in [0.2, 0.25) is 5.02 Å². The minimum absolute atomic E-state index is 0.321. The lowest BCUT2D eigenvalue weighted by Crippen LogP contribution is -2.21. The fourth-order valence-corrected chi connectivity index (χ4v) is 2.93. The van der Waals surface area contributed by atoms with E-state index >= 15 is 0 Å². The van der Waals surface area contributed by atoms with Crippen LogP contribution in [-0.2, 0) is 22.4 Å². The monoisotopic (exact) mass is 343 g/mol. The molecule has 0 aromatic heterocycles. The topological polar surface area (TPSA) is 55.4 Å². The number of halogens is 1. The van der Waals surface area contributed by atoms with Crippen molar-refractivity contribution in [3.63, 3.8) is 0 Å². The molecule has 0 saturated carbocycles.